The van der Waals surface area contributed by atoms with Gasteiger partial charge < -0.3 is 25.0 Å². The van der Waals surface area contributed by atoms with Crippen LogP contribution in [0.2, 0.25) is 0 Å². The van der Waals surface area contributed by atoms with Gasteiger partial charge in [0.1, 0.15) is 11.4 Å². The largest absolute Gasteiger partial charge is 0.444 e. The fourth-order valence-corrected chi connectivity index (χ4v) is 5.71. The van der Waals surface area contributed by atoms with Crippen LogP contribution in [0.1, 0.15) is 52.5 Å². The summed E-state index contributed by atoms with van der Waals surface area (Å²) in [6, 6.07) is 15.4. The molecule has 3 atom stereocenters. The summed E-state index contributed by atoms with van der Waals surface area (Å²) in [5.74, 6) is 2.10. The molecule has 3 heterocycles. The molecule has 0 radical (unpaired) electrons. The zero-order chi connectivity index (χ0) is 31.7. The Morgan fingerprint density at radius 1 is 1.00 bits per heavy atom. The van der Waals surface area contributed by atoms with Crippen LogP contribution in [0.3, 0.4) is 0 Å². The molecule has 2 aliphatic rings. The lowest BCUT2D eigenvalue weighted by atomic mass is 10.0. The second-order valence-corrected chi connectivity index (χ2v) is 13.1. The summed E-state index contributed by atoms with van der Waals surface area (Å²) in [7, 11) is 0. The van der Waals surface area contributed by atoms with Gasteiger partial charge in [0.05, 0.1) is 11.3 Å². The van der Waals surface area contributed by atoms with Gasteiger partial charge in [0.25, 0.3) is 0 Å². The van der Waals surface area contributed by atoms with E-state index < -0.39 is 5.60 Å². The number of fused-ring (bicyclic) bond motifs is 1. The van der Waals surface area contributed by atoms with Crippen LogP contribution in [0.5, 0.6) is 11.6 Å². The van der Waals surface area contributed by atoms with Gasteiger partial charge in [0.15, 0.2) is 0 Å². The number of pyridine rings is 1. The summed E-state index contributed by atoms with van der Waals surface area (Å²) in [5, 5.41) is 8.31. The van der Waals surface area contributed by atoms with Crippen molar-refractivity contribution in [2.45, 2.75) is 65.5 Å². The Morgan fingerprint density at radius 3 is 2.60 bits per heavy atom. The van der Waals surface area contributed by atoms with Crippen molar-refractivity contribution in [2.75, 3.05) is 23.7 Å². The van der Waals surface area contributed by atoms with Crippen molar-refractivity contribution >= 4 is 34.4 Å². The molecule has 1 saturated heterocycles. The van der Waals surface area contributed by atoms with Gasteiger partial charge >= 0.3 is 6.09 Å². The maximum atomic E-state index is 12.7. The van der Waals surface area contributed by atoms with E-state index in [1.807, 2.05) is 76.2 Å². The quantitative estimate of drug-likeness (QED) is 0.226. The maximum Gasteiger partial charge on any atom is 0.410 e. The predicted octanol–water partition coefficient (Wildman–Crippen LogP) is 7.20. The minimum Gasteiger partial charge on any atom is -0.444 e. The average Bonchev–Trinajstić information content (AvgIpc) is 3.75. The average molecular weight is 609 g/mol. The van der Waals surface area contributed by atoms with Gasteiger partial charge in [-0.2, -0.15) is 0 Å². The molecule has 4 aromatic rings. The van der Waals surface area contributed by atoms with Crippen molar-refractivity contribution in [3.8, 4) is 22.9 Å². The number of anilines is 2. The number of aromatic nitrogens is 3. The SMILES string of the molecule is Cc1ccc2c(NC(=O)[C@@H]3C[C@H]3C)cccc2c1Oc1ncccc1-c1ccnc(N[C@H]2CCCN(C(=O)OC(C)(C)C)C2)n1. The number of rotatable bonds is 7. The van der Waals surface area contributed by atoms with Crippen molar-refractivity contribution in [2.24, 2.45) is 11.8 Å². The molecule has 10 nitrogen and oxygen atoms in total. The first kappa shape index (κ1) is 30.3. The third kappa shape index (κ3) is 7.00. The van der Waals surface area contributed by atoms with Crippen LogP contribution in [0.15, 0.2) is 60.9 Å². The Balaban J connectivity index is 1.23. The smallest absolute Gasteiger partial charge is 0.410 e. The molecule has 0 spiro atoms. The predicted molar refractivity (Wildman–Crippen MR) is 174 cm³/mol. The van der Waals surface area contributed by atoms with E-state index >= 15 is 0 Å². The standard InChI is InChI=1S/C35H40N6O4/c1-21-13-14-24-25(10-6-12-28(24)39-31(42)27-19-22(27)2)30(21)44-32-26(11-7-16-36-32)29-15-17-37-33(40-29)38-23-9-8-18-41(20-23)34(43)45-35(3,4)5/h6-7,10-17,22-23,27H,8-9,18-20H2,1-5H3,(H,39,42)(H,37,38,40)/t22-,23+,27-/m1/s1. The Labute approximate surface area is 263 Å². The second kappa shape index (κ2) is 12.3. The highest BCUT2D eigenvalue weighted by Crippen LogP contribution is 2.41. The lowest BCUT2D eigenvalue weighted by molar-refractivity contribution is -0.117. The molecule has 0 unspecified atom stereocenters. The van der Waals surface area contributed by atoms with Gasteiger partial charge in [0.2, 0.25) is 17.7 Å². The van der Waals surface area contributed by atoms with Gasteiger partial charge in [0, 0.05) is 53.9 Å². The Morgan fingerprint density at radius 2 is 1.82 bits per heavy atom. The number of hydrogen-bond donors (Lipinski definition) is 2. The van der Waals surface area contributed by atoms with E-state index in [-0.39, 0.29) is 24.0 Å². The van der Waals surface area contributed by atoms with E-state index in [2.05, 4.69) is 27.5 Å². The van der Waals surface area contributed by atoms with Crippen molar-refractivity contribution in [3.63, 3.8) is 0 Å². The molecule has 10 heteroatoms. The number of nitrogens with one attached hydrogen (secondary N) is 2. The molecule has 1 saturated carbocycles. The lowest BCUT2D eigenvalue weighted by Crippen LogP contribution is -2.47. The van der Waals surface area contributed by atoms with Gasteiger partial charge in [-0.1, -0.05) is 31.2 Å². The van der Waals surface area contributed by atoms with Crippen LogP contribution in [-0.2, 0) is 9.53 Å². The summed E-state index contributed by atoms with van der Waals surface area (Å²) in [4.78, 5) is 41.0. The molecule has 2 fully saturated rings. The van der Waals surface area contributed by atoms with Crippen LogP contribution >= 0.6 is 0 Å². The summed E-state index contributed by atoms with van der Waals surface area (Å²) in [6.07, 6.45) is 5.75. The number of carbonyl (C=O) groups excluding carboxylic acids is 2. The highest BCUT2D eigenvalue weighted by Gasteiger charge is 2.39. The van der Waals surface area contributed by atoms with Crippen molar-refractivity contribution in [1.82, 2.24) is 19.9 Å². The molecular weight excluding hydrogens is 568 g/mol. The normalized spacial score (nSPS) is 19.6. The molecule has 6 rings (SSSR count). The van der Waals surface area contributed by atoms with Crippen LogP contribution in [0.25, 0.3) is 22.0 Å². The summed E-state index contributed by atoms with van der Waals surface area (Å²) in [6.45, 7) is 10.9. The van der Waals surface area contributed by atoms with Crippen LogP contribution in [-0.4, -0.2) is 56.6 Å². The number of carbonyl (C=O) groups is 2. The number of nitrogens with zero attached hydrogens (tertiary/aromatic N) is 4. The summed E-state index contributed by atoms with van der Waals surface area (Å²) >= 11 is 0. The number of amides is 2. The van der Waals surface area contributed by atoms with E-state index in [0.717, 1.165) is 41.3 Å². The van der Waals surface area contributed by atoms with E-state index in [4.69, 9.17) is 14.5 Å². The van der Waals surface area contributed by atoms with E-state index in [1.54, 1.807) is 17.3 Å². The van der Waals surface area contributed by atoms with Crippen molar-refractivity contribution < 1.29 is 19.1 Å². The molecule has 1 aliphatic heterocycles. The van der Waals surface area contributed by atoms with Gasteiger partial charge in [-0.05, 0) is 82.7 Å². The minimum atomic E-state index is -0.546. The third-order valence-electron chi connectivity index (χ3n) is 8.22. The first-order valence-electron chi connectivity index (χ1n) is 15.6. The second-order valence-electron chi connectivity index (χ2n) is 13.1. The molecule has 2 aromatic carbocycles. The Hall–Kier alpha value is -4.73. The number of ether oxygens (including phenoxy) is 2. The Kier molecular flexibility index (Phi) is 8.31. The molecule has 2 N–H and O–H groups in total. The first-order chi connectivity index (χ1) is 21.6. The Bertz CT molecular complexity index is 1740. The third-order valence-corrected chi connectivity index (χ3v) is 8.22. The molecule has 2 amide bonds. The highest BCUT2D eigenvalue weighted by atomic mass is 16.6. The molecule has 234 valence electrons. The first-order valence-corrected chi connectivity index (χ1v) is 15.6. The van der Waals surface area contributed by atoms with Crippen molar-refractivity contribution in [3.05, 3.63) is 66.5 Å². The van der Waals surface area contributed by atoms with Crippen molar-refractivity contribution in [1.29, 1.82) is 0 Å². The molecule has 1 aliphatic carbocycles. The van der Waals surface area contributed by atoms with Crippen LogP contribution in [0, 0.1) is 18.8 Å². The summed E-state index contributed by atoms with van der Waals surface area (Å²) in [5.41, 5.74) is 2.53. The van der Waals surface area contributed by atoms with Gasteiger partial charge in [-0.25, -0.2) is 19.7 Å². The summed E-state index contributed by atoms with van der Waals surface area (Å²) < 4.78 is 12.1. The number of benzene rings is 2. The number of likely N-dealkylation sites (tertiary alicyclic amines) is 1. The molecule has 2 aromatic heterocycles. The highest BCUT2D eigenvalue weighted by molar-refractivity contribution is 6.05. The number of piperidine rings is 1. The zero-order valence-electron chi connectivity index (χ0n) is 26.5. The molecule has 0 bridgehead atoms. The minimum absolute atomic E-state index is 0.0118. The topological polar surface area (TPSA) is 119 Å². The van der Waals surface area contributed by atoms with E-state index in [9.17, 15) is 9.59 Å². The lowest BCUT2D eigenvalue weighted by Gasteiger charge is -2.34. The van der Waals surface area contributed by atoms with Gasteiger partial charge in [-0.15, -0.1) is 0 Å². The van der Waals surface area contributed by atoms with Crippen LogP contribution in [0.4, 0.5) is 16.4 Å². The molecular formula is C35H40N6O4. The fourth-order valence-electron chi connectivity index (χ4n) is 5.71. The number of aryl methyl sites for hydroxylation is 1. The fraction of sp³-hybridized carbons (Fsp3) is 0.400. The van der Waals surface area contributed by atoms with Crippen LogP contribution < -0.4 is 15.4 Å². The maximum absolute atomic E-state index is 12.7. The monoisotopic (exact) mass is 608 g/mol. The molecule has 45 heavy (non-hydrogen) atoms. The van der Waals surface area contributed by atoms with Gasteiger partial charge in [-0.3, -0.25) is 4.79 Å². The van der Waals surface area contributed by atoms with E-state index in [0.29, 0.717) is 47.8 Å². The zero-order valence-corrected chi connectivity index (χ0v) is 26.5. The number of hydrogen-bond acceptors (Lipinski definition) is 8. The van der Waals surface area contributed by atoms with E-state index in [1.165, 1.54) is 0 Å².